The van der Waals surface area contributed by atoms with E-state index >= 15 is 0 Å². The van der Waals surface area contributed by atoms with Crippen LogP contribution in [0.25, 0.3) is 0 Å². The van der Waals surface area contributed by atoms with Crippen LogP contribution in [0.5, 0.6) is 0 Å². The summed E-state index contributed by atoms with van der Waals surface area (Å²) >= 11 is 0. The summed E-state index contributed by atoms with van der Waals surface area (Å²) in [5.41, 5.74) is 0.939. The van der Waals surface area contributed by atoms with Crippen molar-refractivity contribution in [1.29, 1.82) is 0 Å². The van der Waals surface area contributed by atoms with Gasteiger partial charge in [-0.3, -0.25) is 0 Å². The van der Waals surface area contributed by atoms with Crippen molar-refractivity contribution < 1.29 is 28.7 Å². The second-order valence-corrected chi connectivity index (χ2v) is 4.16. The average molecular weight is 264 g/mol. The molecule has 2 atom stereocenters. The number of hydrogen-bond donors (Lipinski definition) is 3. The maximum absolute atomic E-state index is 12.1. The van der Waals surface area contributed by atoms with E-state index in [0.29, 0.717) is 6.42 Å². The Kier molecular flexibility index (Phi) is 5.58. The van der Waals surface area contributed by atoms with Gasteiger partial charge in [0.25, 0.3) is 0 Å². The Bertz CT molecular complexity index is 343. The first-order chi connectivity index (χ1) is 8.43. The Balaban J connectivity index is 2.43. The standard InChI is InChI=1S/C12H16F3NO2/c13-12(14,15)11(18)7-16-10(8-17)6-9-4-2-1-3-5-9/h1-5,10-11,16-18H,6-8H2/p+1/t10-,11+/m0/s1. The summed E-state index contributed by atoms with van der Waals surface area (Å²) in [6.45, 7) is -0.735. The lowest BCUT2D eigenvalue weighted by molar-refractivity contribution is -0.699. The molecule has 1 rings (SSSR count). The third-order valence-electron chi connectivity index (χ3n) is 2.65. The zero-order valence-electron chi connectivity index (χ0n) is 9.77. The minimum atomic E-state index is -4.61. The number of aliphatic hydroxyl groups is 2. The third kappa shape index (κ3) is 5.03. The molecule has 0 aliphatic carbocycles. The summed E-state index contributed by atoms with van der Waals surface area (Å²) < 4.78 is 36.3. The van der Waals surface area contributed by atoms with Crippen molar-refractivity contribution in [2.45, 2.75) is 24.7 Å². The molecule has 0 aliphatic heterocycles. The van der Waals surface area contributed by atoms with Gasteiger partial charge in [-0.2, -0.15) is 13.2 Å². The molecule has 0 saturated heterocycles. The van der Waals surface area contributed by atoms with Gasteiger partial charge in [0.05, 0.1) is 6.61 Å². The molecular weight excluding hydrogens is 247 g/mol. The maximum Gasteiger partial charge on any atom is 0.419 e. The van der Waals surface area contributed by atoms with Crippen LogP contribution in [-0.4, -0.2) is 41.7 Å². The molecule has 0 aromatic heterocycles. The van der Waals surface area contributed by atoms with Crippen LogP contribution in [0.15, 0.2) is 30.3 Å². The fourth-order valence-corrected chi connectivity index (χ4v) is 1.59. The van der Waals surface area contributed by atoms with Gasteiger partial charge in [-0.15, -0.1) is 0 Å². The first-order valence-electron chi connectivity index (χ1n) is 5.66. The predicted octanol–water partition coefficient (Wildman–Crippen LogP) is 0.0766. The Morgan fingerprint density at radius 1 is 1.17 bits per heavy atom. The fraction of sp³-hybridized carbons (Fsp3) is 0.500. The third-order valence-corrected chi connectivity index (χ3v) is 2.65. The summed E-state index contributed by atoms with van der Waals surface area (Å²) in [6.07, 6.45) is -6.51. The van der Waals surface area contributed by atoms with Crippen LogP contribution in [-0.2, 0) is 6.42 Å². The van der Waals surface area contributed by atoms with Crippen LogP contribution < -0.4 is 5.32 Å². The van der Waals surface area contributed by atoms with E-state index in [-0.39, 0.29) is 12.6 Å². The minimum absolute atomic E-state index is 0.237. The molecule has 0 unspecified atom stereocenters. The van der Waals surface area contributed by atoms with Gasteiger partial charge in [0, 0.05) is 6.42 Å². The molecule has 0 radical (unpaired) electrons. The smallest absolute Gasteiger partial charge is 0.390 e. The molecule has 6 heteroatoms. The highest BCUT2D eigenvalue weighted by Gasteiger charge is 2.39. The van der Waals surface area contributed by atoms with Gasteiger partial charge < -0.3 is 15.5 Å². The van der Waals surface area contributed by atoms with Gasteiger partial charge in [-0.05, 0) is 5.56 Å². The molecule has 1 aromatic rings. The summed E-state index contributed by atoms with van der Waals surface area (Å²) in [6, 6.07) is 8.80. The van der Waals surface area contributed by atoms with Crippen molar-refractivity contribution in [3.05, 3.63) is 35.9 Å². The summed E-state index contributed by atoms with van der Waals surface area (Å²) in [4.78, 5) is 0. The number of quaternary nitrogens is 1. The van der Waals surface area contributed by atoms with Crippen molar-refractivity contribution in [1.82, 2.24) is 0 Å². The number of aliphatic hydroxyl groups excluding tert-OH is 2. The van der Waals surface area contributed by atoms with Crippen molar-refractivity contribution >= 4 is 0 Å². The van der Waals surface area contributed by atoms with Gasteiger partial charge in [-0.25, -0.2) is 0 Å². The molecule has 0 aliphatic rings. The predicted molar refractivity (Wildman–Crippen MR) is 59.9 cm³/mol. The van der Waals surface area contributed by atoms with Crippen LogP contribution in [0.4, 0.5) is 13.2 Å². The average Bonchev–Trinajstić information content (AvgIpc) is 2.34. The van der Waals surface area contributed by atoms with Crippen LogP contribution in [0, 0.1) is 0 Å². The SMILES string of the molecule is OC[C@H](Cc1ccccc1)[NH2+]C[C@@H](O)C(F)(F)F. The summed E-state index contributed by atoms with van der Waals surface area (Å²) in [5.74, 6) is 0. The number of hydrogen-bond acceptors (Lipinski definition) is 2. The van der Waals surface area contributed by atoms with Gasteiger partial charge in [0.1, 0.15) is 12.6 Å². The summed E-state index contributed by atoms with van der Waals surface area (Å²) in [7, 11) is 0. The first kappa shape index (κ1) is 14.9. The Hall–Kier alpha value is -1.11. The van der Waals surface area contributed by atoms with E-state index in [1.54, 1.807) is 0 Å². The molecule has 0 spiro atoms. The van der Waals surface area contributed by atoms with E-state index in [1.807, 2.05) is 30.3 Å². The number of halogens is 3. The maximum atomic E-state index is 12.1. The number of rotatable bonds is 6. The lowest BCUT2D eigenvalue weighted by atomic mass is 10.1. The highest BCUT2D eigenvalue weighted by molar-refractivity contribution is 5.15. The van der Waals surface area contributed by atoms with Crippen molar-refractivity contribution in [2.75, 3.05) is 13.2 Å². The van der Waals surface area contributed by atoms with Crippen LogP contribution >= 0.6 is 0 Å². The minimum Gasteiger partial charge on any atom is -0.390 e. The zero-order chi connectivity index (χ0) is 13.6. The first-order valence-corrected chi connectivity index (χ1v) is 5.66. The highest BCUT2D eigenvalue weighted by atomic mass is 19.4. The normalized spacial score (nSPS) is 15.4. The van der Waals surface area contributed by atoms with Crippen molar-refractivity contribution in [3.8, 4) is 0 Å². The van der Waals surface area contributed by atoms with Crippen molar-refractivity contribution in [2.24, 2.45) is 0 Å². The Morgan fingerprint density at radius 2 is 1.78 bits per heavy atom. The van der Waals surface area contributed by atoms with Gasteiger partial charge in [0.2, 0.25) is 0 Å². The molecular formula is C12H17F3NO2+. The summed E-state index contributed by atoms with van der Waals surface area (Å²) in [5, 5.41) is 19.3. The number of nitrogens with two attached hydrogens (primary N) is 1. The molecule has 4 N–H and O–H groups in total. The topological polar surface area (TPSA) is 57.1 Å². The van der Waals surface area contributed by atoms with E-state index in [1.165, 1.54) is 5.32 Å². The lowest BCUT2D eigenvalue weighted by Crippen LogP contribution is -2.93. The van der Waals surface area contributed by atoms with E-state index in [2.05, 4.69) is 0 Å². The highest BCUT2D eigenvalue weighted by Crippen LogP contribution is 2.18. The van der Waals surface area contributed by atoms with E-state index in [0.717, 1.165) is 5.56 Å². The van der Waals surface area contributed by atoms with Crippen LogP contribution in [0.3, 0.4) is 0 Å². The Labute approximate surface area is 103 Å². The second-order valence-electron chi connectivity index (χ2n) is 4.16. The second kappa shape index (κ2) is 6.72. The molecule has 0 amide bonds. The molecule has 0 bridgehead atoms. The molecule has 18 heavy (non-hydrogen) atoms. The largest absolute Gasteiger partial charge is 0.419 e. The lowest BCUT2D eigenvalue weighted by Gasteiger charge is -2.17. The molecule has 0 saturated carbocycles. The van der Waals surface area contributed by atoms with Gasteiger partial charge >= 0.3 is 6.18 Å². The van der Waals surface area contributed by atoms with Gasteiger partial charge in [-0.1, -0.05) is 30.3 Å². The zero-order valence-corrected chi connectivity index (χ0v) is 9.77. The van der Waals surface area contributed by atoms with E-state index in [4.69, 9.17) is 10.2 Å². The fourth-order valence-electron chi connectivity index (χ4n) is 1.59. The molecule has 3 nitrogen and oxygen atoms in total. The molecule has 0 fully saturated rings. The number of benzene rings is 1. The molecule has 0 heterocycles. The van der Waals surface area contributed by atoms with E-state index < -0.39 is 18.8 Å². The van der Waals surface area contributed by atoms with Crippen LogP contribution in [0.1, 0.15) is 5.56 Å². The quantitative estimate of drug-likeness (QED) is 0.681. The van der Waals surface area contributed by atoms with E-state index in [9.17, 15) is 13.2 Å². The van der Waals surface area contributed by atoms with Crippen LogP contribution in [0.2, 0.25) is 0 Å². The Morgan fingerprint density at radius 3 is 2.28 bits per heavy atom. The van der Waals surface area contributed by atoms with Crippen molar-refractivity contribution in [3.63, 3.8) is 0 Å². The number of alkyl halides is 3. The molecule has 1 aromatic carbocycles. The molecule has 102 valence electrons. The monoisotopic (exact) mass is 264 g/mol. The van der Waals surface area contributed by atoms with Gasteiger partial charge in [0.15, 0.2) is 6.10 Å².